The number of pyridine rings is 1. The first-order chi connectivity index (χ1) is 12.2. The zero-order chi connectivity index (χ0) is 19.2. The molecule has 1 N–H and O–H groups in total. The van der Waals surface area contributed by atoms with Gasteiger partial charge in [0.15, 0.2) is 0 Å². The molecule has 0 fully saturated rings. The molecule has 8 heteroatoms. The lowest BCUT2D eigenvalue weighted by Gasteiger charge is -2.25. The molecule has 0 bridgehead atoms. The molecule has 0 spiro atoms. The van der Waals surface area contributed by atoms with E-state index in [0.29, 0.717) is 30.9 Å². The number of sulfonamides is 1. The SMILES string of the molecule is CN(C)CCN(Cc1cccnc1)C(=O)c1cccc(NS(C)(=O)=O)c1. The highest BCUT2D eigenvalue weighted by atomic mass is 32.2. The molecule has 0 radical (unpaired) electrons. The molecule has 0 saturated carbocycles. The quantitative estimate of drug-likeness (QED) is 0.758. The minimum Gasteiger partial charge on any atom is -0.333 e. The van der Waals surface area contributed by atoms with Crippen molar-refractivity contribution in [1.29, 1.82) is 0 Å². The number of anilines is 1. The lowest BCUT2D eigenvalue weighted by atomic mass is 10.1. The third-order valence-corrected chi connectivity index (χ3v) is 4.22. The van der Waals surface area contributed by atoms with Crippen LogP contribution in [0.5, 0.6) is 0 Å². The Morgan fingerprint density at radius 2 is 1.92 bits per heavy atom. The molecule has 1 amide bonds. The molecule has 2 aromatic rings. The minimum atomic E-state index is -3.40. The van der Waals surface area contributed by atoms with E-state index in [1.165, 1.54) is 0 Å². The zero-order valence-corrected chi connectivity index (χ0v) is 16.0. The molecule has 0 aliphatic carbocycles. The summed E-state index contributed by atoms with van der Waals surface area (Å²) in [6.45, 7) is 1.70. The van der Waals surface area contributed by atoms with Crippen molar-refractivity contribution in [3.8, 4) is 0 Å². The van der Waals surface area contributed by atoms with Crippen LogP contribution in [-0.4, -0.2) is 62.5 Å². The van der Waals surface area contributed by atoms with Crippen LogP contribution in [0.4, 0.5) is 5.69 Å². The highest BCUT2D eigenvalue weighted by molar-refractivity contribution is 7.92. The normalized spacial score (nSPS) is 11.4. The molecule has 1 aromatic carbocycles. The molecule has 2 rings (SSSR count). The summed E-state index contributed by atoms with van der Waals surface area (Å²) < 4.78 is 25.2. The van der Waals surface area contributed by atoms with Crippen LogP contribution in [0, 0.1) is 0 Å². The van der Waals surface area contributed by atoms with Gasteiger partial charge in [0.05, 0.1) is 6.26 Å². The van der Waals surface area contributed by atoms with Gasteiger partial charge in [-0.1, -0.05) is 12.1 Å². The Balaban J connectivity index is 2.23. The van der Waals surface area contributed by atoms with E-state index in [0.717, 1.165) is 11.8 Å². The smallest absolute Gasteiger partial charge is 0.254 e. The summed E-state index contributed by atoms with van der Waals surface area (Å²) in [6, 6.07) is 10.3. The first-order valence-electron chi connectivity index (χ1n) is 8.15. The molecule has 140 valence electrons. The summed E-state index contributed by atoms with van der Waals surface area (Å²) in [4.78, 5) is 20.8. The zero-order valence-electron chi connectivity index (χ0n) is 15.2. The Bertz CT molecular complexity index is 839. The van der Waals surface area contributed by atoms with Gasteiger partial charge in [0.25, 0.3) is 5.91 Å². The molecule has 0 atom stereocenters. The number of nitrogens with zero attached hydrogens (tertiary/aromatic N) is 3. The maximum Gasteiger partial charge on any atom is 0.254 e. The van der Waals surface area contributed by atoms with Gasteiger partial charge in [-0.3, -0.25) is 14.5 Å². The number of likely N-dealkylation sites (N-methyl/N-ethyl adjacent to an activating group) is 1. The Labute approximate surface area is 154 Å². The highest BCUT2D eigenvalue weighted by Crippen LogP contribution is 2.15. The fourth-order valence-corrected chi connectivity index (χ4v) is 2.95. The molecule has 26 heavy (non-hydrogen) atoms. The Hall–Kier alpha value is -2.45. The maximum absolute atomic E-state index is 13.0. The van der Waals surface area contributed by atoms with Gasteiger partial charge in [-0.25, -0.2) is 8.42 Å². The van der Waals surface area contributed by atoms with Crippen molar-refractivity contribution in [2.75, 3.05) is 38.2 Å². The van der Waals surface area contributed by atoms with Crippen LogP contribution in [-0.2, 0) is 16.6 Å². The molecule has 1 heterocycles. The maximum atomic E-state index is 13.0. The van der Waals surface area contributed by atoms with Crippen LogP contribution >= 0.6 is 0 Å². The van der Waals surface area contributed by atoms with Gasteiger partial charge in [0, 0.05) is 43.3 Å². The summed E-state index contributed by atoms with van der Waals surface area (Å²) in [5.74, 6) is -0.159. The number of amides is 1. The number of carbonyl (C=O) groups is 1. The Morgan fingerprint density at radius 1 is 1.15 bits per heavy atom. The monoisotopic (exact) mass is 376 g/mol. The molecule has 0 aliphatic heterocycles. The summed E-state index contributed by atoms with van der Waals surface area (Å²) in [6.07, 6.45) is 4.50. The molecular weight excluding hydrogens is 352 g/mol. The number of carbonyl (C=O) groups excluding carboxylic acids is 1. The average molecular weight is 376 g/mol. The first-order valence-corrected chi connectivity index (χ1v) is 10.0. The van der Waals surface area contributed by atoms with Crippen molar-refractivity contribution in [1.82, 2.24) is 14.8 Å². The second-order valence-electron chi connectivity index (χ2n) is 6.35. The van der Waals surface area contributed by atoms with Gasteiger partial charge in [0.1, 0.15) is 0 Å². The largest absolute Gasteiger partial charge is 0.333 e. The van der Waals surface area contributed by atoms with E-state index in [1.54, 1.807) is 41.6 Å². The average Bonchev–Trinajstić information content (AvgIpc) is 2.57. The van der Waals surface area contributed by atoms with Crippen LogP contribution < -0.4 is 4.72 Å². The van der Waals surface area contributed by atoms with Crippen molar-refractivity contribution in [2.45, 2.75) is 6.54 Å². The Kier molecular flexibility index (Phi) is 6.70. The van der Waals surface area contributed by atoms with E-state index in [2.05, 4.69) is 9.71 Å². The van der Waals surface area contributed by atoms with E-state index in [-0.39, 0.29) is 5.91 Å². The van der Waals surface area contributed by atoms with Gasteiger partial charge in [-0.2, -0.15) is 0 Å². The molecular formula is C18H24N4O3S. The fraction of sp³-hybridized carbons (Fsp3) is 0.333. The number of aromatic nitrogens is 1. The second kappa shape index (κ2) is 8.77. The molecule has 0 aliphatic rings. The summed E-state index contributed by atoms with van der Waals surface area (Å²) in [5.41, 5.74) is 1.73. The first kappa shape index (κ1) is 19.9. The van der Waals surface area contributed by atoms with Crippen molar-refractivity contribution < 1.29 is 13.2 Å². The van der Waals surface area contributed by atoms with E-state index < -0.39 is 10.0 Å². The molecule has 0 saturated heterocycles. The summed E-state index contributed by atoms with van der Waals surface area (Å²) in [7, 11) is 0.496. The second-order valence-corrected chi connectivity index (χ2v) is 8.09. The van der Waals surface area contributed by atoms with Gasteiger partial charge in [-0.05, 0) is 43.9 Å². The minimum absolute atomic E-state index is 0.159. The number of rotatable bonds is 8. The summed E-state index contributed by atoms with van der Waals surface area (Å²) in [5, 5.41) is 0. The van der Waals surface area contributed by atoms with Crippen molar-refractivity contribution in [3.63, 3.8) is 0 Å². The van der Waals surface area contributed by atoms with E-state index in [9.17, 15) is 13.2 Å². The number of hydrogen-bond donors (Lipinski definition) is 1. The summed E-state index contributed by atoms with van der Waals surface area (Å²) >= 11 is 0. The third kappa shape index (κ3) is 6.45. The van der Waals surface area contributed by atoms with E-state index >= 15 is 0 Å². The predicted octanol–water partition coefficient (Wildman–Crippen LogP) is 1.66. The van der Waals surface area contributed by atoms with Gasteiger partial charge in [0.2, 0.25) is 10.0 Å². The van der Waals surface area contributed by atoms with Crippen LogP contribution in [0.25, 0.3) is 0 Å². The van der Waals surface area contributed by atoms with E-state index in [4.69, 9.17) is 0 Å². The molecule has 1 aromatic heterocycles. The van der Waals surface area contributed by atoms with Crippen molar-refractivity contribution in [3.05, 3.63) is 59.9 Å². The van der Waals surface area contributed by atoms with Gasteiger partial charge >= 0.3 is 0 Å². The fourth-order valence-electron chi connectivity index (χ4n) is 2.40. The number of nitrogens with one attached hydrogen (secondary N) is 1. The molecule has 7 nitrogen and oxygen atoms in total. The lowest BCUT2D eigenvalue weighted by Crippen LogP contribution is -2.36. The third-order valence-electron chi connectivity index (χ3n) is 3.61. The van der Waals surface area contributed by atoms with Crippen molar-refractivity contribution in [2.24, 2.45) is 0 Å². The molecule has 0 unspecified atom stereocenters. The topological polar surface area (TPSA) is 82.6 Å². The van der Waals surface area contributed by atoms with Crippen LogP contribution in [0.1, 0.15) is 15.9 Å². The number of benzene rings is 1. The van der Waals surface area contributed by atoms with Crippen LogP contribution in [0.15, 0.2) is 48.8 Å². The van der Waals surface area contributed by atoms with Crippen molar-refractivity contribution >= 4 is 21.6 Å². The van der Waals surface area contributed by atoms with Gasteiger partial charge < -0.3 is 9.80 Å². The lowest BCUT2D eigenvalue weighted by molar-refractivity contribution is 0.0732. The van der Waals surface area contributed by atoms with Gasteiger partial charge in [-0.15, -0.1) is 0 Å². The predicted molar refractivity (Wildman–Crippen MR) is 102 cm³/mol. The van der Waals surface area contributed by atoms with E-state index in [1.807, 2.05) is 31.1 Å². The Morgan fingerprint density at radius 3 is 2.54 bits per heavy atom. The highest BCUT2D eigenvalue weighted by Gasteiger charge is 2.17. The number of hydrogen-bond acceptors (Lipinski definition) is 5. The van der Waals surface area contributed by atoms with Crippen LogP contribution in [0.2, 0.25) is 0 Å². The van der Waals surface area contributed by atoms with Crippen LogP contribution in [0.3, 0.4) is 0 Å². The standard InChI is InChI=1S/C18H24N4O3S/c1-21(2)10-11-22(14-15-6-5-9-19-13-15)18(23)16-7-4-8-17(12-16)20-26(3,24)25/h4-9,12-13,20H,10-11,14H2,1-3H3.